The van der Waals surface area contributed by atoms with Crippen LogP contribution in [-0.4, -0.2) is 35.6 Å². The maximum atomic E-state index is 14.0. The zero-order valence-corrected chi connectivity index (χ0v) is 19.5. The van der Waals surface area contributed by atoms with Gasteiger partial charge in [-0.3, -0.25) is 4.72 Å². The molecule has 13 heteroatoms. The van der Waals surface area contributed by atoms with E-state index < -0.39 is 45.5 Å². The molecule has 1 aromatic heterocycles. The van der Waals surface area contributed by atoms with Crippen molar-refractivity contribution in [2.24, 2.45) is 0 Å². The van der Waals surface area contributed by atoms with Crippen molar-refractivity contribution >= 4 is 44.4 Å². The zero-order valence-electron chi connectivity index (χ0n) is 17.9. The van der Waals surface area contributed by atoms with E-state index in [1.165, 1.54) is 36.4 Å². The van der Waals surface area contributed by atoms with Crippen LogP contribution in [0, 0.1) is 0 Å². The van der Waals surface area contributed by atoms with E-state index in [0.717, 1.165) is 24.3 Å². The highest BCUT2D eigenvalue weighted by Crippen LogP contribution is 2.39. The van der Waals surface area contributed by atoms with Gasteiger partial charge in [-0.1, -0.05) is 48.0 Å². The quantitative estimate of drug-likeness (QED) is 0.321. The maximum absolute atomic E-state index is 14.0. The highest BCUT2D eigenvalue weighted by Gasteiger charge is 2.44. The van der Waals surface area contributed by atoms with E-state index in [1.807, 2.05) is 0 Å². The van der Waals surface area contributed by atoms with E-state index in [4.69, 9.17) is 21.4 Å². The van der Waals surface area contributed by atoms with Gasteiger partial charge in [0.2, 0.25) is 11.9 Å². The Kier molecular flexibility index (Phi) is 6.74. The molecule has 36 heavy (non-hydrogen) atoms. The third-order valence-corrected chi connectivity index (χ3v) is 6.72. The molecule has 0 radical (unpaired) electrons. The number of benzene rings is 3. The van der Waals surface area contributed by atoms with Crippen LogP contribution < -0.4 is 9.46 Å². The van der Waals surface area contributed by atoms with Gasteiger partial charge in [0.25, 0.3) is 15.9 Å². The number of hydrogen-bond donors (Lipinski definition) is 2. The molecule has 186 valence electrons. The van der Waals surface area contributed by atoms with Crippen LogP contribution in [0.3, 0.4) is 0 Å². The molecule has 4 aromatic rings. The molecule has 1 unspecified atom stereocenters. The summed E-state index contributed by atoms with van der Waals surface area (Å²) in [6.45, 7) is 0. The summed E-state index contributed by atoms with van der Waals surface area (Å²) < 4.78 is 75.3. The summed E-state index contributed by atoms with van der Waals surface area (Å²) in [7, 11) is -4.40. The number of carboxylic acid groups (broad SMARTS) is 1. The van der Waals surface area contributed by atoms with Crippen LogP contribution in [0.5, 0.6) is 5.88 Å². The van der Waals surface area contributed by atoms with E-state index in [-0.39, 0.29) is 26.5 Å². The topological polar surface area (TPSA) is 118 Å². The second-order valence-electron chi connectivity index (χ2n) is 7.37. The Balaban J connectivity index is 1.80. The second kappa shape index (κ2) is 9.63. The minimum absolute atomic E-state index is 0.118. The van der Waals surface area contributed by atoms with Gasteiger partial charge in [0.05, 0.1) is 21.6 Å². The number of aromatic carboxylic acids is 1. The smallest absolute Gasteiger partial charge is 0.429 e. The Morgan fingerprint density at radius 1 is 0.944 bits per heavy atom. The van der Waals surface area contributed by atoms with E-state index in [9.17, 15) is 26.4 Å². The van der Waals surface area contributed by atoms with Crippen LogP contribution in [0.15, 0.2) is 77.7 Å². The largest absolute Gasteiger partial charge is 0.478 e. The van der Waals surface area contributed by atoms with Crippen LogP contribution in [-0.2, 0) is 10.0 Å². The molecule has 8 nitrogen and oxygen atoms in total. The molecule has 0 amide bonds. The third-order valence-electron chi connectivity index (χ3n) is 4.88. The Hall–Kier alpha value is -3.90. The lowest BCUT2D eigenvalue weighted by atomic mass is 10.1. The number of rotatable bonds is 7. The number of hydrogen-bond acceptors (Lipinski definition) is 6. The van der Waals surface area contributed by atoms with Gasteiger partial charge in [-0.25, -0.2) is 23.2 Å². The number of alkyl halides is 3. The van der Waals surface area contributed by atoms with Crippen molar-refractivity contribution in [2.45, 2.75) is 17.2 Å². The average Bonchev–Trinajstić information content (AvgIpc) is 2.82. The first-order valence-electron chi connectivity index (χ1n) is 10.1. The van der Waals surface area contributed by atoms with Crippen molar-refractivity contribution < 1.29 is 36.2 Å². The molecule has 4 rings (SSSR count). The number of sulfonamides is 1. The average molecular weight is 538 g/mol. The molecule has 0 aliphatic carbocycles. The number of halogens is 4. The monoisotopic (exact) mass is 537 g/mol. The Morgan fingerprint density at radius 2 is 1.53 bits per heavy atom. The minimum atomic E-state index is -4.98. The number of para-hydroxylation sites is 2. The number of anilines is 1. The van der Waals surface area contributed by atoms with Crippen LogP contribution in [0.25, 0.3) is 11.0 Å². The van der Waals surface area contributed by atoms with Crippen molar-refractivity contribution in [1.82, 2.24) is 9.97 Å². The number of nitrogens with one attached hydrogen (secondary N) is 1. The predicted molar refractivity (Wildman–Crippen MR) is 125 cm³/mol. The van der Waals surface area contributed by atoms with Crippen LogP contribution in [0.2, 0.25) is 5.02 Å². The lowest BCUT2D eigenvalue weighted by Gasteiger charge is -2.23. The summed E-state index contributed by atoms with van der Waals surface area (Å²) in [5.74, 6) is -2.65. The van der Waals surface area contributed by atoms with Gasteiger partial charge in [0.15, 0.2) is 0 Å². The first-order valence-corrected chi connectivity index (χ1v) is 11.9. The molecule has 3 aromatic carbocycles. The van der Waals surface area contributed by atoms with Gasteiger partial charge in [0, 0.05) is 5.56 Å². The number of carbonyl (C=O) groups is 1. The molecular weight excluding hydrogens is 523 g/mol. The number of ether oxygens (including phenoxy) is 1. The summed E-state index contributed by atoms with van der Waals surface area (Å²) in [6, 6.07) is 15.5. The molecule has 0 spiro atoms. The number of fused-ring (bicyclic) bond motifs is 1. The first-order chi connectivity index (χ1) is 17.0. The van der Waals surface area contributed by atoms with E-state index in [0.29, 0.717) is 0 Å². The van der Waals surface area contributed by atoms with Crippen molar-refractivity contribution in [3.05, 3.63) is 88.9 Å². The van der Waals surface area contributed by atoms with Crippen LogP contribution in [0.1, 0.15) is 22.0 Å². The Labute approximate surface area is 207 Å². The SMILES string of the molecule is O=C(O)c1ccc(C(Oc2nc3ccccc3nc2NS(=O)(=O)c2ccccc2Cl)C(F)(F)F)cc1. The van der Waals surface area contributed by atoms with Gasteiger partial charge in [0.1, 0.15) is 4.90 Å². The molecule has 0 bridgehead atoms. The lowest BCUT2D eigenvalue weighted by Crippen LogP contribution is -2.27. The Bertz CT molecular complexity index is 1550. The fourth-order valence-corrected chi connectivity index (χ4v) is 4.73. The van der Waals surface area contributed by atoms with E-state index in [2.05, 4.69) is 14.7 Å². The molecule has 0 saturated carbocycles. The third kappa shape index (κ3) is 5.34. The number of carboxylic acids is 1. The lowest BCUT2D eigenvalue weighted by molar-refractivity contribution is -0.198. The molecule has 0 aliphatic rings. The standard InChI is InChI=1S/C23H15ClF3N3O5S/c24-15-5-1-4-8-18(15)36(33,34)30-20-21(29-17-7-3-2-6-16(17)28-20)35-19(23(25,26)27)13-9-11-14(12-10-13)22(31)32/h1-12,19H,(H,28,30)(H,31,32). The van der Waals surface area contributed by atoms with Gasteiger partial charge >= 0.3 is 12.1 Å². The molecule has 0 aliphatic heterocycles. The fraction of sp³-hybridized carbons (Fsp3) is 0.0870. The highest BCUT2D eigenvalue weighted by atomic mass is 35.5. The zero-order chi connectivity index (χ0) is 26.1. The van der Waals surface area contributed by atoms with Crippen molar-refractivity contribution in [3.63, 3.8) is 0 Å². The first kappa shape index (κ1) is 25.2. The summed E-state index contributed by atoms with van der Waals surface area (Å²) in [6.07, 6.45) is -7.59. The normalized spacial score (nSPS) is 12.8. The summed E-state index contributed by atoms with van der Waals surface area (Å²) in [5.41, 5.74) is -0.313. The van der Waals surface area contributed by atoms with Gasteiger partial charge in [-0.2, -0.15) is 13.2 Å². The fourth-order valence-electron chi connectivity index (χ4n) is 3.21. The molecule has 0 saturated heterocycles. The Morgan fingerprint density at radius 3 is 2.11 bits per heavy atom. The minimum Gasteiger partial charge on any atom is -0.478 e. The predicted octanol–water partition coefficient (Wildman–Crippen LogP) is 5.46. The van der Waals surface area contributed by atoms with Crippen LogP contribution in [0.4, 0.5) is 19.0 Å². The van der Waals surface area contributed by atoms with Crippen molar-refractivity contribution in [3.8, 4) is 5.88 Å². The summed E-state index contributed by atoms with van der Waals surface area (Å²) in [5, 5.41) is 8.90. The number of aromatic nitrogens is 2. The molecular formula is C23H15ClF3N3O5S. The van der Waals surface area contributed by atoms with Crippen molar-refractivity contribution in [2.75, 3.05) is 4.72 Å². The van der Waals surface area contributed by atoms with E-state index >= 15 is 0 Å². The van der Waals surface area contributed by atoms with Crippen molar-refractivity contribution in [1.29, 1.82) is 0 Å². The van der Waals surface area contributed by atoms with Gasteiger partial charge < -0.3 is 9.84 Å². The van der Waals surface area contributed by atoms with Gasteiger partial charge in [-0.15, -0.1) is 0 Å². The van der Waals surface area contributed by atoms with Gasteiger partial charge in [-0.05, 0) is 36.4 Å². The summed E-state index contributed by atoms with van der Waals surface area (Å²) >= 11 is 5.99. The molecule has 2 N–H and O–H groups in total. The van der Waals surface area contributed by atoms with E-state index in [1.54, 1.807) is 12.1 Å². The highest BCUT2D eigenvalue weighted by molar-refractivity contribution is 7.92. The molecule has 1 atom stereocenters. The molecule has 0 fully saturated rings. The maximum Gasteiger partial charge on any atom is 0.429 e. The number of nitrogens with zero attached hydrogens (tertiary/aromatic N) is 2. The molecule has 1 heterocycles. The van der Waals surface area contributed by atoms with Crippen LogP contribution >= 0.6 is 11.6 Å². The summed E-state index contributed by atoms with van der Waals surface area (Å²) in [4.78, 5) is 18.9. The second-order valence-corrected chi connectivity index (χ2v) is 9.43.